The Bertz CT molecular complexity index is 166. The SMILES string of the molecule is C=C(C)C(=O)OCCC[Si](C)O. The summed E-state index contributed by atoms with van der Waals surface area (Å²) in [7, 11) is -1.17. The Labute approximate surface area is 74.8 Å². The average Bonchev–Trinajstić information content (AvgIpc) is 1.97. The summed E-state index contributed by atoms with van der Waals surface area (Å²) in [6.07, 6.45) is 0.736. The van der Waals surface area contributed by atoms with Crippen molar-refractivity contribution in [3.8, 4) is 0 Å². The molecule has 0 aliphatic heterocycles. The Balaban J connectivity index is 3.32. The number of hydrogen-bond donors (Lipinski definition) is 1. The first-order valence-corrected chi connectivity index (χ1v) is 6.03. The molecule has 0 aliphatic rings. The predicted octanol–water partition coefficient (Wildman–Crippen LogP) is 1.11. The molecule has 0 amide bonds. The van der Waals surface area contributed by atoms with Crippen LogP contribution in [0.25, 0.3) is 0 Å². The zero-order valence-corrected chi connectivity index (χ0v) is 8.59. The van der Waals surface area contributed by atoms with Crippen LogP contribution < -0.4 is 0 Å². The van der Waals surface area contributed by atoms with Gasteiger partial charge in [0.05, 0.1) is 6.61 Å². The lowest BCUT2D eigenvalue weighted by Crippen LogP contribution is -2.10. The molecule has 0 saturated carbocycles. The summed E-state index contributed by atoms with van der Waals surface area (Å²) >= 11 is 0. The summed E-state index contributed by atoms with van der Waals surface area (Å²) in [5.74, 6) is -0.349. The number of esters is 1. The molecule has 0 aliphatic carbocycles. The van der Waals surface area contributed by atoms with E-state index in [1.54, 1.807) is 6.92 Å². The highest BCUT2D eigenvalue weighted by Crippen LogP contribution is 1.98. The van der Waals surface area contributed by atoms with Crippen LogP contribution in [0.3, 0.4) is 0 Å². The van der Waals surface area contributed by atoms with E-state index >= 15 is 0 Å². The number of ether oxygens (including phenoxy) is 1. The predicted molar refractivity (Wildman–Crippen MR) is 49.0 cm³/mol. The standard InChI is InChI=1S/C8H15O3Si/c1-7(2)8(9)11-5-4-6-12(3)10/h10H,1,4-6H2,2-3H3. The van der Waals surface area contributed by atoms with Crippen LogP contribution in [0.2, 0.25) is 12.6 Å². The third-order valence-corrected chi connectivity index (χ3v) is 2.34. The second kappa shape index (κ2) is 5.96. The third-order valence-electron chi connectivity index (χ3n) is 1.26. The van der Waals surface area contributed by atoms with Crippen LogP contribution in [-0.4, -0.2) is 26.4 Å². The number of carbonyl (C=O) groups is 1. The maximum absolute atomic E-state index is 10.8. The van der Waals surface area contributed by atoms with Crippen LogP contribution in [-0.2, 0) is 9.53 Å². The number of rotatable bonds is 5. The fourth-order valence-corrected chi connectivity index (χ4v) is 1.27. The topological polar surface area (TPSA) is 46.5 Å². The van der Waals surface area contributed by atoms with Gasteiger partial charge in [-0.25, -0.2) is 4.79 Å². The van der Waals surface area contributed by atoms with Crippen molar-refractivity contribution in [1.82, 2.24) is 0 Å². The van der Waals surface area contributed by atoms with Crippen molar-refractivity contribution in [2.75, 3.05) is 6.61 Å². The van der Waals surface area contributed by atoms with Crippen LogP contribution in [0, 0.1) is 0 Å². The maximum atomic E-state index is 10.8. The van der Waals surface area contributed by atoms with E-state index < -0.39 is 9.04 Å². The first-order valence-electron chi connectivity index (χ1n) is 3.88. The molecule has 12 heavy (non-hydrogen) atoms. The lowest BCUT2D eigenvalue weighted by Gasteiger charge is -2.03. The molecule has 69 valence electrons. The van der Waals surface area contributed by atoms with Gasteiger partial charge in [0.25, 0.3) is 0 Å². The van der Waals surface area contributed by atoms with E-state index in [9.17, 15) is 4.79 Å². The minimum atomic E-state index is -1.17. The molecule has 3 nitrogen and oxygen atoms in total. The second-order valence-electron chi connectivity index (χ2n) is 2.76. The van der Waals surface area contributed by atoms with Crippen molar-refractivity contribution in [2.24, 2.45) is 0 Å². The Morgan fingerprint density at radius 3 is 2.67 bits per heavy atom. The highest BCUT2D eigenvalue weighted by molar-refractivity contribution is 6.48. The van der Waals surface area contributed by atoms with E-state index in [0.29, 0.717) is 12.2 Å². The molecule has 0 saturated heterocycles. The van der Waals surface area contributed by atoms with Crippen LogP contribution in [0.5, 0.6) is 0 Å². The molecule has 0 fully saturated rings. The molecule has 0 bridgehead atoms. The van der Waals surface area contributed by atoms with Crippen LogP contribution in [0.4, 0.5) is 0 Å². The van der Waals surface area contributed by atoms with E-state index in [-0.39, 0.29) is 5.97 Å². The largest absolute Gasteiger partial charge is 0.462 e. The Morgan fingerprint density at radius 2 is 2.25 bits per heavy atom. The zero-order valence-electron chi connectivity index (χ0n) is 7.59. The molecule has 0 rings (SSSR count). The molecule has 1 N–H and O–H groups in total. The summed E-state index contributed by atoms with van der Waals surface area (Å²) < 4.78 is 4.82. The Morgan fingerprint density at radius 1 is 1.67 bits per heavy atom. The Hall–Kier alpha value is -0.613. The summed E-state index contributed by atoms with van der Waals surface area (Å²) in [6.45, 7) is 7.26. The molecular formula is C8H15O3Si. The molecule has 0 aromatic carbocycles. The van der Waals surface area contributed by atoms with Crippen molar-refractivity contribution in [1.29, 1.82) is 0 Å². The van der Waals surface area contributed by atoms with E-state index in [2.05, 4.69) is 6.58 Å². The lowest BCUT2D eigenvalue weighted by molar-refractivity contribution is -0.138. The smallest absolute Gasteiger partial charge is 0.333 e. The van der Waals surface area contributed by atoms with Gasteiger partial charge in [0.15, 0.2) is 0 Å². The van der Waals surface area contributed by atoms with Gasteiger partial charge in [-0.05, 0) is 25.9 Å². The molecule has 0 unspecified atom stereocenters. The fourth-order valence-electron chi connectivity index (χ4n) is 0.616. The molecule has 0 aromatic heterocycles. The van der Waals surface area contributed by atoms with Crippen molar-refractivity contribution < 1.29 is 14.3 Å². The number of hydrogen-bond acceptors (Lipinski definition) is 3. The fraction of sp³-hybridized carbons (Fsp3) is 0.625. The third kappa shape index (κ3) is 6.12. The van der Waals surface area contributed by atoms with Crippen LogP contribution in [0.1, 0.15) is 13.3 Å². The average molecular weight is 187 g/mol. The van der Waals surface area contributed by atoms with Crippen molar-refractivity contribution in [3.05, 3.63) is 12.2 Å². The highest BCUT2D eigenvalue weighted by Gasteiger charge is 2.03. The van der Waals surface area contributed by atoms with Crippen molar-refractivity contribution >= 4 is 15.0 Å². The van der Waals surface area contributed by atoms with Gasteiger partial charge in [-0.2, -0.15) is 0 Å². The summed E-state index contributed by atoms with van der Waals surface area (Å²) in [6, 6.07) is 0.758. The molecule has 0 atom stereocenters. The van der Waals surface area contributed by atoms with E-state index in [0.717, 1.165) is 12.5 Å². The molecule has 0 spiro atoms. The van der Waals surface area contributed by atoms with Gasteiger partial charge in [0, 0.05) is 5.57 Å². The summed E-state index contributed by atoms with van der Waals surface area (Å²) in [5, 5.41) is 0. The van der Waals surface area contributed by atoms with Gasteiger partial charge in [-0.1, -0.05) is 6.58 Å². The normalized spacial score (nSPS) is 10.0. The number of carbonyl (C=O) groups excluding carboxylic acids is 1. The van der Waals surface area contributed by atoms with E-state index in [1.165, 1.54) is 0 Å². The van der Waals surface area contributed by atoms with Gasteiger partial charge in [-0.15, -0.1) is 0 Å². The van der Waals surface area contributed by atoms with Gasteiger partial charge < -0.3 is 9.53 Å². The van der Waals surface area contributed by atoms with Gasteiger partial charge in [-0.3, -0.25) is 0 Å². The molecule has 0 heterocycles. The summed E-state index contributed by atoms with van der Waals surface area (Å²) in [5.41, 5.74) is 0.418. The first-order chi connectivity index (χ1) is 5.54. The van der Waals surface area contributed by atoms with Crippen LogP contribution >= 0.6 is 0 Å². The van der Waals surface area contributed by atoms with Crippen LogP contribution in [0.15, 0.2) is 12.2 Å². The monoisotopic (exact) mass is 187 g/mol. The van der Waals surface area contributed by atoms with E-state index in [4.69, 9.17) is 9.53 Å². The minimum absolute atomic E-state index is 0.349. The zero-order chi connectivity index (χ0) is 9.56. The highest BCUT2D eigenvalue weighted by atomic mass is 28.3. The van der Waals surface area contributed by atoms with Crippen molar-refractivity contribution in [2.45, 2.75) is 25.9 Å². The minimum Gasteiger partial charge on any atom is -0.462 e. The van der Waals surface area contributed by atoms with E-state index in [1.807, 2.05) is 6.55 Å². The summed E-state index contributed by atoms with van der Waals surface area (Å²) in [4.78, 5) is 19.8. The molecule has 0 aromatic rings. The first kappa shape index (κ1) is 11.4. The van der Waals surface area contributed by atoms with Crippen molar-refractivity contribution in [3.63, 3.8) is 0 Å². The maximum Gasteiger partial charge on any atom is 0.333 e. The van der Waals surface area contributed by atoms with Gasteiger partial charge >= 0.3 is 5.97 Å². The molecule has 1 radical (unpaired) electrons. The Kier molecular flexibility index (Phi) is 5.66. The second-order valence-corrected chi connectivity index (χ2v) is 4.73. The molecule has 4 heteroatoms. The molecular weight excluding hydrogens is 172 g/mol. The lowest BCUT2D eigenvalue weighted by atomic mass is 10.4. The quantitative estimate of drug-likeness (QED) is 0.303. The van der Waals surface area contributed by atoms with Gasteiger partial charge in [0.2, 0.25) is 9.04 Å². The van der Waals surface area contributed by atoms with Gasteiger partial charge in [0.1, 0.15) is 0 Å².